The molecule has 31 heavy (non-hydrogen) atoms. The van der Waals surface area contributed by atoms with E-state index in [0.717, 1.165) is 17.9 Å². The maximum absolute atomic E-state index is 12.9. The van der Waals surface area contributed by atoms with Gasteiger partial charge in [-0.3, -0.25) is 19.7 Å². The molecule has 1 spiro atoms. The van der Waals surface area contributed by atoms with Crippen molar-refractivity contribution in [2.45, 2.75) is 12.8 Å². The zero-order valence-corrected chi connectivity index (χ0v) is 16.9. The number of carbonyl (C=O) groups is 2. The maximum Gasteiger partial charge on any atom is 0.270 e. The van der Waals surface area contributed by atoms with Crippen LogP contribution < -0.4 is 0 Å². The van der Waals surface area contributed by atoms with Crippen molar-refractivity contribution in [3.63, 3.8) is 0 Å². The second kappa shape index (κ2) is 6.13. The number of carbonyl (C=O) groups excluding carboxylic acids is 2. The second-order valence-corrected chi connectivity index (χ2v) is 8.98. The molecule has 4 atom stereocenters. The number of nitro benzene ring substituents is 1. The number of non-ortho nitro benzene ring substituents is 1. The second-order valence-electron chi connectivity index (χ2n) is 8.58. The minimum Gasteiger partial charge on any atom is -0.455 e. The predicted octanol–water partition coefficient (Wildman–Crippen LogP) is 4.04. The summed E-state index contributed by atoms with van der Waals surface area (Å²) in [6.07, 6.45) is 7.70. The van der Waals surface area contributed by atoms with Gasteiger partial charge in [-0.1, -0.05) is 23.8 Å². The highest BCUT2D eigenvalue weighted by molar-refractivity contribution is 6.33. The smallest absolute Gasteiger partial charge is 0.270 e. The molecule has 8 nitrogen and oxygen atoms in total. The van der Waals surface area contributed by atoms with E-state index in [1.807, 2.05) is 0 Å². The molecule has 3 aliphatic carbocycles. The predicted molar refractivity (Wildman–Crippen MR) is 110 cm³/mol. The van der Waals surface area contributed by atoms with Crippen LogP contribution in [0, 0.1) is 39.2 Å². The van der Waals surface area contributed by atoms with E-state index < -0.39 is 4.92 Å². The van der Waals surface area contributed by atoms with Crippen LogP contribution >= 0.6 is 11.6 Å². The minimum atomic E-state index is -0.514. The van der Waals surface area contributed by atoms with E-state index in [4.69, 9.17) is 16.0 Å². The van der Waals surface area contributed by atoms with Crippen LogP contribution in [-0.4, -0.2) is 28.0 Å². The van der Waals surface area contributed by atoms with Gasteiger partial charge in [0.15, 0.2) is 0 Å². The molecule has 0 radical (unpaired) electrons. The molecule has 9 heteroatoms. The third-order valence-corrected chi connectivity index (χ3v) is 7.51. The molecule has 1 aliphatic heterocycles. The number of allylic oxidation sites excluding steroid dienone is 2. The van der Waals surface area contributed by atoms with Gasteiger partial charge >= 0.3 is 0 Å². The summed E-state index contributed by atoms with van der Waals surface area (Å²) in [5, 5.41) is 16.4. The fourth-order valence-electron chi connectivity index (χ4n) is 5.67. The first kappa shape index (κ1) is 18.5. The van der Waals surface area contributed by atoms with Gasteiger partial charge in [-0.2, -0.15) is 10.1 Å². The first-order chi connectivity index (χ1) is 14.9. The van der Waals surface area contributed by atoms with E-state index >= 15 is 0 Å². The van der Waals surface area contributed by atoms with Crippen LogP contribution in [0.15, 0.2) is 52.0 Å². The molecule has 1 aromatic heterocycles. The average molecular weight is 438 g/mol. The highest BCUT2D eigenvalue weighted by Gasteiger charge is 2.73. The molecule has 2 bridgehead atoms. The van der Waals surface area contributed by atoms with Gasteiger partial charge < -0.3 is 4.42 Å². The molecule has 156 valence electrons. The third kappa shape index (κ3) is 2.45. The zero-order valence-electron chi connectivity index (χ0n) is 16.1. The third-order valence-electron chi connectivity index (χ3n) is 7.18. The van der Waals surface area contributed by atoms with Gasteiger partial charge in [0.1, 0.15) is 11.5 Å². The van der Waals surface area contributed by atoms with E-state index in [1.54, 1.807) is 12.1 Å². The van der Waals surface area contributed by atoms with Crippen LogP contribution in [0.3, 0.4) is 0 Å². The van der Waals surface area contributed by atoms with Gasteiger partial charge in [-0.15, -0.1) is 0 Å². The monoisotopic (exact) mass is 437 g/mol. The Balaban J connectivity index is 1.24. The molecule has 2 saturated carbocycles. The summed E-state index contributed by atoms with van der Waals surface area (Å²) in [5.74, 6) is -0.198. The number of nitrogens with zero attached hydrogens (tertiary/aromatic N) is 3. The van der Waals surface area contributed by atoms with Gasteiger partial charge in [-0.05, 0) is 48.3 Å². The fourth-order valence-corrected chi connectivity index (χ4v) is 5.88. The lowest BCUT2D eigenvalue weighted by molar-refractivity contribution is -0.384. The molecule has 6 rings (SSSR count). The summed E-state index contributed by atoms with van der Waals surface area (Å²) in [4.78, 5) is 36.4. The molecule has 1 aromatic carbocycles. The van der Waals surface area contributed by atoms with Crippen molar-refractivity contribution in [2.24, 2.45) is 34.2 Å². The van der Waals surface area contributed by atoms with E-state index in [1.165, 1.54) is 24.4 Å². The quantitative estimate of drug-likeness (QED) is 0.236. The average Bonchev–Trinajstić information content (AvgIpc) is 3.03. The molecular weight excluding hydrogens is 422 g/mol. The molecule has 0 N–H and O–H groups in total. The Hall–Kier alpha value is -3.26. The molecule has 0 unspecified atom stereocenters. The van der Waals surface area contributed by atoms with E-state index in [-0.39, 0.29) is 46.6 Å². The Labute approximate surface area is 181 Å². The molecule has 2 heterocycles. The number of hydrogen-bond donors (Lipinski definition) is 0. The Morgan fingerprint density at radius 1 is 1.13 bits per heavy atom. The van der Waals surface area contributed by atoms with Gasteiger partial charge in [-0.25, -0.2) is 0 Å². The standard InChI is InChI=1S/C22H16ClN3O5/c23-16-5-1-11(26(29)30)9-13(16)17-6-2-12(31-17)10-24-25-20(27)18-14-3-4-15(19(18)21(25)28)22(14)7-8-22/h1-6,9-10,14-15,18-19H,7-8H2/b24-10-/t14-,15-,18-,19+/m1/s1. The van der Waals surface area contributed by atoms with Crippen LogP contribution in [0.2, 0.25) is 5.02 Å². The summed E-state index contributed by atoms with van der Waals surface area (Å²) in [5.41, 5.74) is 0.405. The van der Waals surface area contributed by atoms with Gasteiger partial charge in [0, 0.05) is 17.7 Å². The minimum absolute atomic E-state index is 0.109. The van der Waals surface area contributed by atoms with E-state index in [9.17, 15) is 19.7 Å². The summed E-state index contributed by atoms with van der Waals surface area (Å²) in [6.45, 7) is 0. The van der Waals surface area contributed by atoms with Crippen LogP contribution in [0.25, 0.3) is 11.3 Å². The first-order valence-corrected chi connectivity index (χ1v) is 10.4. The lowest BCUT2D eigenvalue weighted by Crippen LogP contribution is -2.30. The number of amides is 2. The van der Waals surface area contributed by atoms with Crippen molar-refractivity contribution < 1.29 is 18.9 Å². The van der Waals surface area contributed by atoms with Crippen molar-refractivity contribution in [3.05, 3.63) is 63.4 Å². The zero-order chi connectivity index (χ0) is 21.5. The highest BCUT2D eigenvalue weighted by atomic mass is 35.5. The summed E-state index contributed by atoms with van der Waals surface area (Å²) < 4.78 is 5.69. The number of halogens is 1. The Kier molecular flexibility index (Phi) is 3.66. The van der Waals surface area contributed by atoms with Crippen LogP contribution in [0.4, 0.5) is 5.69 Å². The molecular formula is C22H16ClN3O5. The van der Waals surface area contributed by atoms with E-state index in [2.05, 4.69) is 17.3 Å². The highest BCUT2D eigenvalue weighted by Crippen LogP contribution is 2.73. The number of imide groups is 1. The number of benzene rings is 1. The lowest BCUT2D eigenvalue weighted by Gasteiger charge is -2.18. The molecule has 3 fully saturated rings. The van der Waals surface area contributed by atoms with Crippen LogP contribution in [0.5, 0.6) is 0 Å². The van der Waals surface area contributed by atoms with Crippen molar-refractivity contribution in [1.82, 2.24) is 5.01 Å². The van der Waals surface area contributed by atoms with Crippen molar-refractivity contribution >= 4 is 35.3 Å². The fraction of sp³-hybridized carbons (Fsp3) is 0.318. The summed E-state index contributed by atoms with van der Waals surface area (Å²) >= 11 is 6.16. The molecule has 1 saturated heterocycles. The summed E-state index contributed by atoms with van der Waals surface area (Å²) in [7, 11) is 0. The van der Waals surface area contributed by atoms with Gasteiger partial charge in [0.25, 0.3) is 17.5 Å². The van der Waals surface area contributed by atoms with E-state index in [0.29, 0.717) is 22.1 Å². The van der Waals surface area contributed by atoms with Crippen molar-refractivity contribution in [3.8, 4) is 11.3 Å². The van der Waals surface area contributed by atoms with Gasteiger partial charge in [0.05, 0.1) is 28.0 Å². The maximum atomic E-state index is 12.9. The number of furan rings is 1. The number of fused-ring (bicyclic) bond motifs is 3. The topological polar surface area (TPSA) is 106 Å². The molecule has 2 aromatic rings. The van der Waals surface area contributed by atoms with Gasteiger partial charge in [0.2, 0.25) is 0 Å². The molecule has 4 aliphatic rings. The Morgan fingerprint density at radius 2 is 1.81 bits per heavy atom. The molecule has 2 amide bonds. The number of hydrazone groups is 1. The van der Waals surface area contributed by atoms with Crippen LogP contribution in [-0.2, 0) is 9.59 Å². The van der Waals surface area contributed by atoms with Crippen molar-refractivity contribution in [1.29, 1.82) is 0 Å². The summed E-state index contributed by atoms with van der Waals surface area (Å²) in [6, 6.07) is 7.28. The largest absolute Gasteiger partial charge is 0.455 e. The van der Waals surface area contributed by atoms with Crippen molar-refractivity contribution in [2.75, 3.05) is 0 Å². The SMILES string of the molecule is O=C1[C@@H]2[C@H](C(=O)N1/N=C\c1ccc(-c3cc([N+](=O)[O-])ccc3Cl)o1)[C@H]1C=C[C@H]2C12CC2. The lowest BCUT2D eigenvalue weighted by atomic mass is 9.85. The first-order valence-electron chi connectivity index (χ1n) is 10.0. The Morgan fingerprint density at radius 3 is 2.42 bits per heavy atom. The number of nitro groups is 1. The Bertz CT molecular complexity index is 1190. The number of rotatable bonds is 4. The van der Waals surface area contributed by atoms with Crippen LogP contribution in [0.1, 0.15) is 18.6 Å². The normalized spacial score (nSPS) is 29.5. The number of hydrogen-bond acceptors (Lipinski definition) is 6.